The van der Waals surface area contributed by atoms with Gasteiger partial charge in [0.2, 0.25) is 0 Å². The maximum Gasteiger partial charge on any atom is 0.142 e. The van der Waals surface area contributed by atoms with Crippen molar-refractivity contribution in [2.45, 2.75) is 6.92 Å². The number of hydrogen-bond acceptors (Lipinski definition) is 2. The minimum Gasteiger partial charge on any atom is -0.335 e. The van der Waals surface area contributed by atoms with Gasteiger partial charge < -0.3 is 4.57 Å². The molecule has 3 rings (SSSR count). The molecule has 3 nitrogen and oxygen atoms in total. The van der Waals surface area contributed by atoms with Crippen molar-refractivity contribution in [1.82, 2.24) is 14.5 Å². The Balaban J connectivity index is 2.32. The van der Waals surface area contributed by atoms with E-state index in [4.69, 9.17) is 0 Å². The van der Waals surface area contributed by atoms with Crippen LogP contribution in [0.5, 0.6) is 0 Å². The molecule has 0 unspecified atom stereocenters. The third kappa shape index (κ3) is 1.66. The molecule has 0 radical (unpaired) electrons. The molecule has 3 aromatic heterocycles. The van der Waals surface area contributed by atoms with Crippen LogP contribution in [0.4, 0.5) is 4.39 Å². The van der Waals surface area contributed by atoms with Gasteiger partial charge in [-0.1, -0.05) is 0 Å². The van der Waals surface area contributed by atoms with Crippen molar-refractivity contribution in [3.05, 3.63) is 48.2 Å². The summed E-state index contributed by atoms with van der Waals surface area (Å²) in [7, 11) is 1.90. The average Bonchev–Trinajstić information content (AvgIpc) is 2.66. The molecular weight excluding hydrogens is 229 g/mol. The zero-order valence-electron chi connectivity index (χ0n) is 10.2. The van der Waals surface area contributed by atoms with Crippen LogP contribution in [0.1, 0.15) is 5.56 Å². The van der Waals surface area contributed by atoms with Gasteiger partial charge in [-0.2, -0.15) is 0 Å². The maximum absolute atomic E-state index is 13.3. The lowest BCUT2D eigenvalue weighted by atomic mass is 10.1. The first-order valence-electron chi connectivity index (χ1n) is 5.69. The third-order valence-electron chi connectivity index (χ3n) is 2.97. The molecule has 3 heterocycles. The Morgan fingerprint density at radius 2 is 2.06 bits per heavy atom. The van der Waals surface area contributed by atoms with E-state index in [1.165, 1.54) is 12.3 Å². The van der Waals surface area contributed by atoms with E-state index in [1.54, 1.807) is 6.20 Å². The summed E-state index contributed by atoms with van der Waals surface area (Å²) in [5.41, 5.74) is 3.63. The molecule has 0 saturated heterocycles. The minimum atomic E-state index is -0.331. The molecule has 0 aliphatic rings. The summed E-state index contributed by atoms with van der Waals surface area (Å²) in [6.45, 7) is 2.01. The molecule has 0 aliphatic carbocycles. The molecular formula is C14H12FN3. The zero-order chi connectivity index (χ0) is 12.7. The van der Waals surface area contributed by atoms with E-state index in [9.17, 15) is 4.39 Å². The van der Waals surface area contributed by atoms with Gasteiger partial charge in [-0.3, -0.25) is 4.98 Å². The van der Waals surface area contributed by atoms with Crippen molar-refractivity contribution in [3.63, 3.8) is 0 Å². The Hall–Kier alpha value is -2.23. The smallest absolute Gasteiger partial charge is 0.142 e. The van der Waals surface area contributed by atoms with E-state index in [0.717, 1.165) is 27.9 Å². The van der Waals surface area contributed by atoms with E-state index in [1.807, 2.05) is 36.9 Å². The highest BCUT2D eigenvalue weighted by Gasteiger charge is 2.11. The highest BCUT2D eigenvalue weighted by atomic mass is 19.1. The largest absolute Gasteiger partial charge is 0.335 e. The van der Waals surface area contributed by atoms with Crippen LogP contribution in [-0.4, -0.2) is 14.5 Å². The molecule has 0 aromatic carbocycles. The minimum absolute atomic E-state index is 0.331. The topological polar surface area (TPSA) is 30.7 Å². The number of aromatic nitrogens is 3. The van der Waals surface area contributed by atoms with Gasteiger partial charge >= 0.3 is 0 Å². The molecule has 0 fully saturated rings. The second-order valence-electron chi connectivity index (χ2n) is 4.40. The van der Waals surface area contributed by atoms with Crippen molar-refractivity contribution >= 4 is 11.0 Å². The van der Waals surface area contributed by atoms with Crippen LogP contribution in [0.2, 0.25) is 0 Å². The summed E-state index contributed by atoms with van der Waals surface area (Å²) in [5.74, 6) is -0.331. The van der Waals surface area contributed by atoms with Crippen LogP contribution in [-0.2, 0) is 7.05 Å². The molecule has 0 N–H and O–H groups in total. The fourth-order valence-corrected chi connectivity index (χ4v) is 2.12. The maximum atomic E-state index is 13.3. The summed E-state index contributed by atoms with van der Waals surface area (Å²) in [6, 6.07) is 5.43. The SMILES string of the molecule is Cc1ccnc(-c2cn(C)c3ncc(F)cc23)c1. The summed E-state index contributed by atoms with van der Waals surface area (Å²) >= 11 is 0. The van der Waals surface area contributed by atoms with E-state index < -0.39 is 0 Å². The quantitative estimate of drug-likeness (QED) is 0.655. The van der Waals surface area contributed by atoms with Crippen LogP contribution >= 0.6 is 0 Å². The second kappa shape index (κ2) is 3.91. The fourth-order valence-electron chi connectivity index (χ4n) is 2.12. The van der Waals surface area contributed by atoms with Gasteiger partial charge in [0.25, 0.3) is 0 Å². The fraction of sp³-hybridized carbons (Fsp3) is 0.143. The van der Waals surface area contributed by atoms with Gasteiger partial charge in [0.05, 0.1) is 11.9 Å². The predicted molar refractivity (Wildman–Crippen MR) is 68.6 cm³/mol. The number of rotatable bonds is 1. The van der Waals surface area contributed by atoms with Gasteiger partial charge in [0, 0.05) is 30.4 Å². The predicted octanol–water partition coefficient (Wildman–Crippen LogP) is 3.08. The summed E-state index contributed by atoms with van der Waals surface area (Å²) in [6.07, 6.45) is 4.92. The molecule has 0 saturated carbocycles. The van der Waals surface area contributed by atoms with Gasteiger partial charge in [0.1, 0.15) is 11.5 Å². The molecule has 0 amide bonds. The van der Waals surface area contributed by atoms with Gasteiger partial charge in [-0.25, -0.2) is 9.37 Å². The highest BCUT2D eigenvalue weighted by molar-refractivity contribution is 5.93. The Morgan fingerprint density at radius 3 is 2.83 bits per heavy atom. The van der Waals surface area contributed by atoms with Crippen LogP contribution in [0, 0.1) is 12.7 Å². The van der Waals surface area contributed by atoms with E-state index in [2.05, 4.69) is 9.97 Å². The van der Waals surface area contributed by atoms with Crippen LogP contribution in [0.25, 0.3) is 22.3 Å². The molecule has 90 valence electrons. The number of hydrogen-bond donors (Lipinski definition) is 0. The molecule has 18 heavy (non-hydrogen) atoms. The first-order chi connectivity index (χ1) is 8.65. The van der Waals surface area contributed by atoms with Crippen molar-refractivity contribution in [2.24, 2.45) is 7.05 Å². The molecule has 0 bridgehead atoms. The molecule has 4 heteroatoms. The van der Waals surface area contributed by atoms with Crippen molar-refractivity contribution in [1.29, 1.82) is 0 Å². The van der Waals surface area contributed by atoms with Gasteiger partial charge in [-0.15, -0.1) is 0 Å². The Labute approximate surface area is 104 Å². The van der Waals surface area contributed by atoms with Gasteiger partial charge in [0.15, 0.2) is 0 Å². The third-order valence-corrected chi connectivity index (χ3v) is 2.97. The zero-order valence-corrected chi connectivity index (χ0v) is 10.2. The lowest BCUT2D eigenvalue weighted by molar-refractivity contribution is 0.624. The number of nitrogens with zero attached hydrogens (tertiary/aromatic N) is 3. The van der Waals surface area contributed by atoms with Crippen LogP contribution in [0.3, 0.4) is 0 Å². The number of pyridine rings is 2. The first kappa shape index (κ1) is 10.9. The van der Waals surface area contributed by atoms with E-state index >= 15 is 0 Å². The average molecular weight is 241 g/mol. The number of fused-ring (bicyclic) bond motifs is 1. The summed E-state index contributed by atoms with van der Waals surface area (Å²) < 4.78 is 15.2. The molecule has 0 aliphatic heterocycles. The Morgan fingerprint density at radius 1 is 1.22 bits per heavy atom. The standard InChI is InChI=1S/C14H12FN3/c1-9-3-4-16-13(5-9)12-8-18(2)14-11(12)6-10(15)7-17-14/h3-8H,1-2H3. The number of aryl methyl sites for hydroxylation is 2. The molecule has 0 spiro atoms. The Kier molecular flexibility index (Phi) is 2.37. The lowest BCUT2D eigenvalue weighted by Crippen LogP contribution is -1.87. The first-order valence-corrected chi connectivity index (χ1v) is 5.69. The second-order valence-corrected chi connectivity index (χ2v) is 4.40. The molecule has 0 atom stereocenters. The highest BCUT2D eigenvalue weighted by Crippen LogP contribution is 2.28. The van der Waals surface area contributed by atoms with Crippen molar-refractivity contribution in [2.75, 3.05) is 0 Å². The number of halogens is 1. The Bertz CT molecular complexity index is 731. The van der Waals surface area contributed by atoms with Crippen molar-refractivity contribution < 1.29 is 4.39 Å². The normalized spacial score (nSPS) is 11.1. The molecule has 3 aromatic rings. The monoisotopic (exact) mass is 241 g/mol. The van der Waals surface area contributed by atoms with Crippen LogP contribution in [0.15, 0.2) is 36.8 Å². The lowest BCUT2D eigenvalue weighted by Gasteiger charge is -1.99. The van der Waals surface area contributed by atoms with E-state index in [-0.39, 0.29) is 5.82 Å². The van der Waals surface area contributed by atoms with Crippen molar-refractivity contribution in [3.8, 4) is 11.3 Å². The summed E-state index contributed by atoms with van der Waals surface area (Å²) in [4.78, 5) is 8.45. The van der Waals surface area contributed by atoms with E-state index in [0.29, 0.717) is 0 Å². The van der Waals surface area contributed by atoms with Gasteiger partial charge in [-0.05, 0) is 30.7 Å². The summed E-state index contributed by atoms with van der Waals surface area (Å²) in [5, 5.41) is 0.788. The van der Waals surface area contributed by atoms with Crippen LogP contribution < -0.4 is 0 Å².